The van der Waals surface area contributed by atoms with E-state index >= 15 is 0 Å². The molecule has 0 atom stereocenters. The Labute approximate surface area is 159 Å². The van der Waals surface area contributed by atoms with E-state index in [2.05, 4.69) is 0 Å². The summed E-state index contributed by atoms with van der Waals surface area (Å²) in [6, 6.07) is 16.1. The van der Waals surface area contributed by atoms with Crippen LogP contribution >= 0.6 is 0 Å². The van der Waals surface area contributed by atoms with Crippen molar-refractivity contribution in [2.45, 2.75) is 44.6 Å². The number of nitrogens with zero attached hydrogens (tertiary/aromatic N) is 1. The number of phenolic OH excluding ortho intramolecular Hbond substituents is 1. The van der Waals surface area contributed by atoms with E-state index in [-0.39, 0.29) is 30.7 Å². The minimum Gasteiger partial charge on any atom is -0.508 e. The molecule has 5 heteroatoms. The zero-order valence-electron chi connectivity index (χ0n) is 15.3. The van der Waals surface area contributed by atoms with Gasteiger partial charge in [-0.25, -0.2) is 0 Å². The second-order valence-corrected chi connectivity index (χ2v) is 6.90. The Morgan fingerprint density at radius 3 is 2.30 bits per heavy atom. The number of rotatable bonds is 6. The van der Waals surface area contributed by atoms with Crippen LogP contribution in [0.5, 0.6) is 5.75 Å². The van der Waals surface area contributed by atoms with Crippen molar-refractivity contribution in [2.75, 3.05) is 11.5 Å². The van der Waals surface area contributed by atoms with Crippen LogP contribution in [0.2, 0.25) is 0 Å². The second-order valence-electron chi connectivity index (χ2n) is 6.90. The predicted molar refractivity (Wildman–Crippen MR) is 104 cm³/mol. The number of benzene rings is 2. The second kappa shape index (κ2) is 9.21. The van der Waals surface area contributed by atoms with Crippen LogP contribution in [0.4, 0.5) is 5.69 Å². The molecule has 0 spiro atoms. The highest BCUT2D eigenvalue weighted by molar-refractivity contribution is 5.95. The van der Waals surface area contributed by atoms with Crippen molar-refractivity contribution in [3.63, 3.8) is 0 Å². The van der Waals surface area contributed by atoms with Crippen molar-refractivity contribution in [3.05, 3.63) is 60.2 Å². The number of hydrogen-bond donors (Lipinski definition) is 1. The molecule has 2 aromatic carbocycles. The van der Waals surface area contributed by atoms with Crippen LogP contribution in [0.25, 0.3) is 0 Å². The van der Waals surface area contributed by atoms with Gasteiger partial charge in [0.15, 0.2) is 6.61 Å². The fraction of sp³-hybridized carbons (Fsp3) is 0.364. The van der Waals surface area contributed by atoms with Gasteiger partial charge in [0.25, 0.3) is 5.91 Å². The summed E-state index contributed by atoms with van der Waals surface area (Å²) < 4.78 is 5.24. The van der Waals surface area contributed by atoms with Crippen LogP contribution in [0.15, 0.2) is 54.6 Å². The van der Waals surface area contributed by atoms with Crippen LogP contribution < -0.4 is 4.90 Å². The first kappa shape index (κ1) is 19.0. The van der Waals surface area contributed by atoms with E-state index in [1.54, 1.807) is 17.0 Å². The van der Waals surface area contributed by atoms with Crippen molar-refractivity contribution in [1.82, 2.24) is 0 Å². The Morgan fingerprint density at radius 1 is 0.963 bits per heavy atom. The molecule has 2 aromatic rings. The number of ether oxygens (including phenoxy) is 1. The molecule has 3 rings (SSSR count). The zero-order chi connectivity index (χ0) is 19.1. The minimum absolute atomic E-state index is 0.0718. The molecule has 1 amide bonds. The summed E-state index contributed by atoms with van der Waals surface area (Å²) in [4.78, 5) is 26.7. The molecular formula is C22H25NO4. The Balaban J connectivity index is 1.61. The maximum Gasteiger partial charge on any atom is 0.310 e. The Kier molecular flexibility index (Phi) is 6.47. The summed E-state index contributed by atoms with van der Waals surface area (Å²) >= 11 is 0. The van der Waals surface area contributed by atoms with E-state index < -0.39 is 5.97 Å². The van der Waals surface area contributed by atoms with Gasteiger partial charge in [0.2, 0.25) is 0 Å². The van der Waals surface area contributed by atoms with Gasteiger partial charge < -0.3 is 14.7 Å². The fourth-order valence-corrected chi connectivity index (χ4v) is 3.53. The van der Waals surface area contributed by atoms with Gasteiger partial charge in [-0.1, -0.05) is 49.6 Å². The summed E-state index contributed by atoms with van der Waals surface area (Å²) in [5, 5.41) is 9.29. The lowest BCUT2D eigenvalue weighted by atomic mass is 9.93. The van der Waals surface area contributed by atoms with E-state index in [1.807, 2.05) is 30.3 Å². The first-order valence-corrected chi connectivity index (χ1v) is 9.44. The van der Waals surface area contributed by atoms with Crippen LogP contribution in [0.3, 0.4) is 0 Å². The van der Waals surface area contributed by atoms with E-state index in [9.17, 15) is 14.7 Å². The lowest BCUT2D eigenvalue weighted by Gasteiger charge is -2.34. The number of carbonyl (C=O) groups excluding carboxylic acids is 2. The normalized spacial score (nSPS) is 14.5. The topological polar surface area (TPSA) is 66.8 Å². The number of para-hydroxylation sites is 1. The van der Waals surface area contributed by atoms with E-state index in [4.69, 9.17) is 4.74 Å². The monoisotopic (exact) mass is 367 g/mol. The van der Waals surface area contributed by atoms with Crippen molar-refractivity contribution in [3.8, 4) is 5.75 Å². The third kappa shape index (κ3) is 5.33. The van der Waals surface area contributed by atoms with Gasteiger partial charge in [0, 0.05) is 11.7 Å². The Morgan fingerprint density at radius 2 is 1.63 bits per heavy atom. The molecule has 0 aliphatic heterocycles. The molecule has 0 bridgehead atoms. The van der Waals surface area contributed by atoms with Crippen LogP contribution in [-0.4, -0.2) is 29.6 Å². The van der Waals surface area contributed by atoms with Gasteiger partial charge in [-0.3, -0.25) is 9.59 Å². The maximum atomic E-state index is 12.9. The quantitative estimate of drug-likeness (QED) is 0.788. The van der Waals surface area contributed by atoms with Gasteiger partial charge in [-0.2, -0.15) is 0 Å². The van der Waals surface area contributed by atoms with Gasteiger partial charge in [0.1, 0.15) is 5.75 Å². The molecule has 142 valence electrons. The first-order chi connectivity index (χ1) is 13.1. The summed E-state index contributed by atoms with van der Waals surface area (Å²) in [7, 11) is 0. The molecule has 0 saturated heterocycles. The lowest BCUT2D eigenvalue weighted by molar-refractivity contribution is -0.147. The molecule has 1 N–H and O–H groups in total. The zero-order valence-corrected chi connectivity index (χ0v) is 15.3. The Bertz CT molecular complexity index is 752. The van der Waals surface area contributed by atoms with Gasteiger partial charge in [-0.15, -0.1) is 0 Å². The predicted octanol–water partition coefficient (Wildman–Crippen LogP) is 3.84. The Hall–Kier alpha value is -2.82. The first-order valence-electron chi connectivity index (χ1n) is 9.44. The smallest absolute Gasteiger partial charge is 0.310 e. The molecule has 1 aliphatic rings. The molecule has 27 heavy (non-hydrogen) atoms. The number of carbonyl (C=O) groups is 2. The van der Waals surface area contributed by atoms with Crippen LogP contribution in [-0.2, 0) is 20.7 Å². The highest BCUT2D eigenvalue weighted by atomic mass is 16.5. The summed E-state index contributed by atoms with van der Waals surface area (Å²) in [5.41, 5.74) is 1.58. The van der Waals surface area contributed by atoms with Crippen molar-refractivity contribution in [1.29, 1.82) is 0 Å². The van der Waals surface area contributed by atoms with Crippen LogP contribution in [0, 0.1) is 0 Å². The maximum absolute atomic E-state index is 12.9. The molecule has 1 aliphatic carbocycles. The van der Waals surface area contributed by atoms with Gasteiger partial charge >= 0.3 is 5.97 Å². The fourth-order valence-electron chi connectivity index (χ4n) is 3.53. The average Bonchev–Trinajstić information content (AvgIpc) is 2.70. The molecule has 0 heterocycles. The number of amides is 1. The van der Waals surface area contributed by atoms with E-state index in [1.165, 1.54) is 18.6 Å². The molecule has 1 saturated carbocycles. The third-order valence-electron chi connectivity index (χ3n) is 4.88. The summed E-state index contributed by atoms with van der Waals surface area (Å²) in [5.74, 6) is -0.494. The summed E-state index contributed by atoms with van der Waals surface area (Å²) in [6.45, 7) is -0.262. The number of aromatic hydroxyl groups is 1. The van der Waals surface area contributed by atoms with E-state index in [0.717, 1.165) is 36.9 Å². The molecule has 0 aromatic heterocycles. The SMILES string of the molecule is O=C(Cc1ccc(O)cc1)OCC(=O)N(c1ccccc1)C1CCCCC1. The molecule has 0 unspecified atom stereocenters. The third-order valence-corrected chi connectivity index (χ3v) is 4.88. The van der Waals surface area contributed by atoms with Gasteiger partial charge in [0.05, 0.1) is 6.42 Å². The van der Waals surface area contributed by atoms with Crippen molar-refractivity contribution >= 4 is 17.6 Å². The number of hydrogen-bond acceptors (Lipinski definition) is 4. The minimum atomic E-state index is -0.453. The lowest BCUT2D eigenvalue weighted by Crippen LogP contribution is -2.44. The average molecular weight is 367 g/mol. The van der Waals surface area contributed by atoms with Crippen molar-refractivity contribution < 1.29 is 19.4 Å². The highest BCUT2D eigenvalue weighted by Gasteiger charge is 2.27. The molecule has 0 radical (unpaired) electrons. The largest absolute Gasteiger partial charge is 0.508 e. The number of esters is 1. The van der Waals surface area contributed by atoms with Gasteiger partial charge in [-0.05, 0) is 42.7 Å². The molecule has 1 fully saturated rings. The van der Waals surface area contributed by atoms with Crippen LogP contribution in [0.1, 0.15) is 37.7 Å². The van der Waals surface area contributed by atoms with E-state index in [0.29, 0.717) is 0 Å². The van der Waals surface area contributed by atoms with Crippen molar-refractivity contribution in [2.24, 2.45) is 0 Å². The summed E-state index contributed by atoms with van der Waals surface area (Å²) in [6.07, 6.45) is 5.45. The standard InChI is InChI=1S/C22H25NO4/c24-20-13-11-17(12-14-20)15-22(26)27-16-21(25)23(18-7-3-1-4-8-18)19-9-5-2-6-10-19/h1,3-4,7-8,11-14,19,24H,2,5-6,9-10,15-16H2. The molecule has 5 nitrogen and oxygen atoms in total. The highest BCUT2D eigenvalue weighted by Crippen LogP contribution is 2.27. The molecular weight excluding hydrogens is 342 g/mol. The number of phenols is 1. The number of anilines is 1.